The van der Waals surface area contributed by atoms with Crippen molar-refractivity contribution in [3.63, 3.8) is 0 Å². The molecule has 0 radical (unpaired) electrons. The first-order valence-electron chi connectivity index (χ1n) is 3.09. The first-order valence-corrected chi connectivity index (χ1v) is 4.60. The Morgan fingerprint density at radius 1 is 1.23 bits per heavy atom. The molecule has 0 heterocycles. The number of hydrogen-bond acceptors (Lipinski definition) is 1. The minimum Gasteiger partial charge on any atom is -0.445 e. The van der Waals surface area contributed by atoms with Gasteiger partial charge in [0.2, 0.25) is 0 Å². The lowest BCUT2D eigenvalue weighted by Crippen LogP contribution is -2.12. The van der Waals surface area contributed by atoms with Crippen LogP contribution >= 0.6 is 46.4 Å². The first kappa shape index (κ1) is 11.2. The third-order valence-corrected chi connectivity index (χ3v) is 1.66. The van der Waals surface area contributed by atoms with Crippen LogP contribution in [0.2, 0.25) is 5.02 Å². The second-order valence-electron chi connectivity index (χ2n) is 2.12. The lowest BCUT2D eigenvalue weighted by molar-refractivity contribution is 0.318. The molecule has 0 aromatic heterocycles. The van der Waals surface area contributed by atoms with Gasteiger partial charge in [-0.25, -0.2) is 4.39 Å². The maximum absolute atomic E-state index is 12.8. The summed E-state index contributed by atoms with van der Waals surface area (Å²) in [5.74, 6) is -0.532. The highest BCUT2D eigenvalue weighted by atomic mass is 35.6. The fraction of sp³-hybridized carbons (Fsp3) is 0.143. The summed E-state index contributed by atoms with van der Waals surface area (Å²) in [6.07, 6.45) is 0. The van der Waals surface area contributed by atoms with E-state index in [0.29, 0.717) is 0 Å². The van der Waals surface area contributed by atoms with Gasteiger partial charge in [-0.1, -0.05) is 11.6 Å². The Morgan fingerprint density at radius 2 is 1.85 bits per heavy atom. The lowest BCUT2D eigenvalue weighted by Gasteiger charge is -2.13. The van der Waals surface area contributed by atoms with E-state index in [9.17, 15) is 4.39 Å². The largest absolute Gasteiger partial charge is 0.445 e. The number of hydrogen-bond donors (Lipinski definition) is 0. The van der Waals surface area contributed by atoms with Crippen LogP contribution in [0.3, 0.4) is 0 Å². The number of benzene rings is 1. The Morgan fingerprint density at radius 3 is 2.31 bits per heavy atom. The van der Waals surface area contributed by atoms with Crippen LogP contribution in [0, 0.1) is 5.82 Å². The van der Waals surface area contributed by atoms with Gasteiger partial charge in [0.05, 0.1) is 5.02 Å². The minimum atomic E-state index is -1.90. The molecule has 13 heavy (non-hydrogen) atoms. The van der Waals surface area contributed by atoms with E-state index in [1.807, 2.05) is 0 Å². The highest BCUT2D eigenvalue weighted by molar-refractivity contribution is 6.66. The van der Waals surface area contributed by atoms with Gasteiger partial charge in [0.25, 0.3) is 0 Å². The van der Waals surface area contributed by atoms with E-state index in [1.54, 1.807) is 0 Å². The normalized spacial score (nSPS) is 11.5. The summed E-state index contributed by atoms with van der Waals surface area (Å²) in [5.41, 5.74) is 0. The fourth-order valence-electron chi connectivity index (χ4n) is 0.674. The van der Waals surface area contributed by atoms with Gasteiger partial charge in [0.15, 0.2) is 0 Å². The van der Waals surface area contributed by atoms with E-state index in [4.69, 9.17) is 51.1 Å². The van der Waals surface area contributed by atoms with Crippen molar-refractivity contribution in [3.05, 3.63) is 29.0 Å². The zero-order chi connectivity index (χ0) is 10.1. The van der Waals surface area contributed by atoms with Gasteiger partial charge in [0.1, 0.15) is 11.6 Å². The number of ether oxygens (including phenoxy) is 1. The van der Waals surface area contributed by atoms with Gasteiger partial charge in [-0.15, -0.1) is 0 Å². The third kappa shape index (κ3) is 3.77. The van der Waals surface area contributed by atoms with Crippen molar-refractivity contribution >= 4 is 46.4 Å². The van der Waals surface area contributed by atoms with Crippen LogP contribution in [-0.2, 0) is 0 Å². The number of alkyl halides is 3. The molecule has 0 aliphatic carbocycles. The average molecular weight is 264 g/mol. The van der Waals surface area contributed by atoms with Crippen LogP contribution in [0.4, 0.5) is 4.39 Å². The summed E-state index contributed by atoms with van der Waals surface area (Å²) in [5, 5.41) is -0.0170. The van der Waals surface area contributed by atoms with E-state index in [0.717, 1.165) is 6.07 Å². The summed E-state index contributed by atoms with van der Waals surface area (Å²) in [6, 6.07) is 3.74. The SMILES string of the molecule is Fc1cc(OC(Cl)(Cl)Cl)ccc1Cl. The zero-order valence-electron chi connectivity index (χ0n) is 6.03. The molecule has 0 atom stereocenters. The van der Waals surface area contributed by atoms with Gasteiger partial charge in [-0.3, -0.25) is 0 Å². The standard InChI is InChI=1S/C7H3Cl4FO/c8-5-2-1-4(3-6(5)12)13-7(9,10)11/h1-3H. The molecule has 0 spiro atoms. The van der Waals surface area contributed by atoms with Crippen LogP contribution < -0.4 is 4.74 Å². The summed E-state index contributed by atoms with van der Waals surface area (Å²) >= 11 is 21.4. The molecule has 0 N–H and O–H groups in total. The van der Waals surface area contributed by atoms with Crippen molar-refractivity contribution in [1.29, 1.82) is 0 Å². The van der Waals surface area contributed by atoms with Crippen molar-refractivity contribution in [2.75, 3.05) is 0 Å². The number of rotatable bonds is 1. The van der Waals surface area contributed by atoms with Gasteiger partial charge in [0, 0.05) is 6.07 Å². The summed E-state index contributed by atoms with van der Waals surface area (Å²) in [6.45, 7) is 0. The lowest BCUT2D eigenvalue weighted by atomic mass is 10.3. The second-order valence-corrected chi connectivity index (χ2v) is 4.71. The smallest absolute Gasteiger partial charge is 0.338 e. The molecule has 0 amide bonds. The van der Waals surface area contributed by atoms with Gasteiger partial charge in [-0.2, -0.15) is 0 Å². The Balaban J connectivity index is 2.86. The van der Waals surface area contributed by atoms with Crippen molar-refractivity contribution in [2.45, 2.75) is 3.98 Å². The summed E-state index contributed by atoms with van der Waals surface area (Å²) in [7, 11) is 0. The van der Waals surface area contributed by atoms with E-state index in [-0.39, 0.29) is 10.8 Å². The van der Waals surface area contributed by atoms with Crippen molar-refractivity contribution in [3.8, 4) is 5.75 Å². The third-order valence-electron chi connectivity index (χ3n) is 1.12. The Kier molecular flexibility index (Phi) is 3.52. The molecule has 0 bridgehead atoms. The summed E-state index contributed by atoms with van der Waals surface area (Å²) < 4.78 is 15.6. The molecular formula is C7H3Cl4FO. The topological polar surface area (TPSA) is 9.23 Å². The van der Waals surface area contributed by atoms with Crippen LogP contribution in [0.25, 0.3) is 0 Å². The van der Waals surface area contributed by atoms with Crippen LogP contribution in [0.1, 0.15) is 0 Å². The maximum atomic E-state index is 12.8. The van der Waals surface area contributed by atoms with Gasteiger partial charge < -0.3 is 4.74 Å². The Hall–Kier alpha value is 0.110. The molecule has 0 aliphatic rings. The molecule has 0 unspecified atom stereocenters. The Bertz CT molecular complexity index is 310. The molecule has 6 heteroatoms. The van der Waals surface area contributed by atoms with Crippen molar-refractivity contribution in [2.24, 2.45) is 0 Å². The average Bonchev–Trinajstić information content (AvgIpc) is 1.94. The van der Waals surface area contributed by atoms with Gasteiger partial charge in [-0.05, 0) is 46.9 Å². The monoisotopic (exact) mass is 262 g/mol. The molecule has 0 saturated carbocycles. The molecule has 72 valence electrons. The molecule has 1 rings (SSSR count). The molecule has 1 nitrogen and oxygen atoms in total. The predicted molar refractivity (Wildman–Crippen MR) is 52.3 cm³/mol. The predicted octanol–water partition coefficient (Wildman–Crippen LogP) is 4.19. The summed E-state index contributed by atoms with van der Waals surface area (Å²) in [4.78, 5) is 0. The molecule has 1 aromatic rings. The molecule has 0 saturated heterocycles. The highest BCUT2D eigenvalue weighted by Gasteiger charge is 2.22. The molecule has 0 fully saturated rings. The second kappa shape index (κ2) is 4.09. The van der Waals surface area contributed by atoms with E-state index in [1.165, 1.54) is 12.1 Å². The van der Waals surface area contributed by atoms with E-state index >= 15 is 0 Å². The van der Waals surface area contributed by atoms with Gasteiger partial charge >= 0.3 is 3.98 Å². The van der Waals surface area contributed by atoms with Crippen molar-refractivity contribution in [1.82, 2.24) is 0 Å². The minimum absolute atomic E-state index is 0.0170. The van der Waals surface area contributed by atoms with Crippen LogP contribution in [0.15, 0.2) is 18.2 Å². The number of halogens is 5. The quantitative estimate of drug-likeness (QED) is 0.691. The van der Waals surface area contributed by atoms with E-state index in [2.05, 4.69) is 0 Å². The maximum Gasteiger partial charge on any atom is 0.338 e. The van der Waals surface area contributed by atoms with E-state index < -0.39 is 9.80 Å². The van der Waals surface area contributed by atoms with Crippen LogP contribution in [-0.4, -0.2) is 3.98 Å². The molecular weight excluding hydrogens is 261 g/mol. The highest BCUT2D eigenvalue weighted by Crippen LogP contribution is 2.31. The van der Waals surface area contributed by atoms with Crippen molar-refractivity contribution < 1.29 is 9.13 Å². The Labute approximate surface area is 94.3 Å². The van der Waals surface area contributed by atoms with Crippen LogP contribution in [0.5, 0.6) is 5.75 Å². The fourth-order valence-corrected chi connectivity index (χ4v) is 1.06. The zero-order valence-corrected chi connectivity index (χ0v) is 9.05. The molecule has 0 aliphatic heterocycles. The molecule has 1 aromatic carbocycles. The first-order chi connectivity index (χ1) is 5.88.